The van der Waals surface area contributed by atoms with E-state index in [-0.39, 0.29) is 28.6 Å². The predicted molar refractivity (Wildman–Crippen MR) is 63.4 cm³/mol. The molecule has 6 heteroatoms. The zero-order valence-electron chi connectivity index (χ0n) is 9.68. The van der Waals surface area contributed by atoms with E-state index in [4.69, 9.17) is 5.26 Å². The zero-order chi connectivity index (χ0) is 12.7. The highest BCUT2D eigenvalue weighted by Crippen LogP contribution is 2.36. The van der Waals surface area contributed by atoms with Crippen molar-refractivity contribution in [3.05, 3.63) is 27.7 Å². The minimum absolute atomic E-state index is 0.0906. The van der Waals surface area contributed by atoms with Crippen LogP contribution in [0, 0.1) is 11.3 Å². The monoisotopic (exact) mass is 244 g/mol. The molecule has 0 atom stereocenters. The molecular formula is C12H12N4O2. The van der Waals surface area contributed by atoms with Crippen LogP contribution in [0.4, 0.5) is 0 Å². The van der Waals surface area contributed by atoms with E-state index in [1.165, 1.54) is 10.7 Å². The van der Waals surface area contributed by atoms with E-state index in [1.807, 2.05) is 6.07 Å². The van der Waals surface area contributed by atoms with Crippen LogP contribution >= 0.6 is 0 Å². The van der Waals surface area contributed by atoms with Crippen molar-refractivity contribution in [1.82, 2.24) is 14.6 Å². The van der Waals surface area contributed by atoms with Crippen molar-refractivity contribution in [2.24, 2.45) is 0 Å². The third kappa shape index (κ3) is 1.40. The van der Waals surface area contributed by atoms with Gasteiger partial charge in [0.25, 0.3) is 5.56 Å². The van der Waals surface area contributed by atoms with Crippen LogP contribution in [0.2, 0.25) is 0 Å². The molecule has 0 spiro atoms. The minimum atomic E-state index is -0.316. The lowest BCUT2D eigenvalue weighted by Crippen LogP contribution is -2.18. The molecule has 2 aromatic rings. The summed E-state index contributed by atoms with van der Waals surface area (Å²) in [6, 6.07) is 1.93. The van der Waals surface area contributed by atoms with Crippen LogP contribution in [-0.2, 0) is 0 Å². The van der Waals surface area contributed by atoms with Gasteiger partial charge in [0.05, 0.1) is 11.8 Å². The summed E-state index contributed by atoms with van der Waals surface area (Å²) in [4.78, 5) is 14.7. The molecule has 1 saturated carbocycles. The Morgan fingerprint density at radius 3 is 2.89 bits per heavy atom. The third-order valence-electron chi connectivity index (χ3n) is 3.57. The summed E-state index contributed by atoms with van der Waals surface area (Å²) in [7, 11) is 0. The summed E-state index contributed by atoms with van der Waals surface area (Å²) in [6.45, 7) is 0. The van der Waals surface area contributed by atoms with Crippen LogP contribution in [0.1, 0.15) is 42.7 Å². The summed E-state index contributed by atoms with van der Waals surface area (Å²) in [5.41, 5.74) is 0.582. The first-order chi connectivity index (χ1) is 8.72. The van der Waals surface area contributed by atoms with Gasteiger partial charge in [-0.25, -0.2) is 0 Å². The van der Waals surface area contributed by atoms with Crippen LogP contribution in [0.3, 0.4) is 0 Å². The Morgan fingerprint density at radius 2 is 2.22 bits per heavy atom. The summed E-state index contributed by atoms with van der Waals surface area (Å²) in [5.74, 6) is -0.0463. The van der Waals surface area contributed by atoms with Gasteiger partial charge in [-0.05, 0) is 18.8 Å². The first-order valence-electron chi connectivity index (χ1n) is 5.95. The molecule has 3 rings (SSSR count). The van der Waals surface area contributed by atoms with Crippen molar-refractivity contribution >= 4 is 5.65 Å². The molecule has 92 valence electrons. The lowest BCUT2D eigenvalue weighted by Gasteiger charge is -2.10. The number of nitrogens with one attached hydrogen (secondary N) is 1. The maximum absolute atomic E-state index is 12.0. The Balaban J connectivity index is 2.28. The van der Waals surface area contributed by atoms with Gasteiger partial charge in [-0.3, -0.25) is 4.79 Å². The zero-order valence-corrected chi connectivity index (χ0v) is 9.68. The van der Waals surface area contributed by atoms with Gasteiger partial charge in [-0.2, -0.15) is 14.9 Å². The van der Waals surface area contributed by atoms with Crippen molar-refractivity contribution in [2.75, 3.05) is 0 Å². The second-order valence-electron chi connectivity index (χ2n) is 4.60. The maximum Gasteiger partial charge on any atom is 0.258 e. The Morgan fingerprint density at radius 1 is 1.50 bits per heavy atom. The van der Waals surface area contributed by atoms with E-state index >= 15 is 0 Å². The number of aromatic nitrogens is 3. The fourth-order valence-corrected chi connectivity index (χ4v) is 2.68. The molecule has 1 aliphatic carbocycles. The molecule has 1 fully saturated rings. The van der Waals surface area contributed by atoms with E-state index < -0.39 is 0 Å². The first-order valence-corrected chi connectivity index (χ1v) is 5.95. The molecule has 2 heterocycles. The summed E-state index contributed by atoms with van der Waals surface area (Å²) in [5, 5.41) is 23.0. The Labute approximate surface area is 102 Å². The van der Waals surface area contributed by atoms with Gasteiger partial charge in [0.15, 0.2) is 5.65 Å². The van der Waals surface area contributed by atoms with Gasteiger partial charge in [0.2, 0.25) is 5.88 Å². The smallest absolute Gasteiger partial charge is 0.258 e. The SMILES string of the molecule is N#Cc1cnn2c(O)c(C3CCCC3)c(=O)[nH]c12. The van der Waals surface area contributed by atoms with Gasteiger partial charge in [-0.1, -0.05) is 12.8 Å². The van der Waals surface area contributed by atoms with Crippen molar-refractivity contribution in [3.8, 4) is 11.9 Å². The quantitative estimate of drug-likeness (QED) is 0.789. The van der Waals surface area contributed by atoms with Crippen LogP contribution in [-0.4, -0.2) is 19.7 Å². The normalized spacial score (nSPS) is 16.2. The van der Waals surface area contributed by atoms with E-state index in [0.29, 0.717) is 5.56 Å². The third-order valence-corrected chi connectivity index (χ3v) is 3.57. The second-order valence-corrected chi connectivity index (χ2v) is 4.60. The van der Waals surface area contributed by atoms with Crippen molar-refractivity contribution < 1.29 is 5.11 Å². The molecule has 2 N–H and O–H groups in total. The number of nitrogens with zero attached hydrogens (tertiary/aromatic N) is 3. The minimum Gasteiger partial charge on any atom is -0.493 e. The van der Waals surface area contributed by atoms with E-state index in [2.05, 4.69) is 10.1 Å². The molecule has 0 saturated heterocycles. The summed E-state index contributed by atoms with van der Waals surface area (Å²) >= 11 is 0. The van der Waals surface area contributed by atoms with Gasteiger partial charge < -0.3 is 10.1 Å². The highest BCUT2D eigenvalue weighted by Gasteiger charge is 2.25. The largest absolute Gasteiger partial charge is 0.493 e. The predicted octanol–water partition coefficient (Wildman–Crippen LogP) is 1.26. The Kier molecular flexibility index (Phi) is 2.33. The number of nitriles is 1. The van der Waals surface area contributed by atoms with Crippen LogP contribution in [0.25, 0.3) is 5.65 Å². The first kappa shape index (κ1) is 10.8. The van der Waals surface area contributed by atoms with E-state index in [0.717, 1.165) is 25.7 Å². The topological polar surface area (TPSA) is 94.2 Å². The number of aromatic amines is 1. The van der Waals surface area contributed by atoms with Crippen LogP contribution < -0.4 is 5.56 Å². The van der Waals surface area contributed by atoms with Gasteiger partial charge in [-0.15, -0.1) is 0 Å². The lowest BCUT2D eigenvalue weighted by atomic mass is 10.00. The number of H-pyrrole nitrogens is 1. The molecular weight excluding hydrogens is 232 g/mol. The highest BCUT2D eigenvalue weighted by atomic mass is 16.3. The number of aromatic hydroxyl groups is 1. The summed E-state index contributed by atoms with van der Waals surface area (Å²) in [6.07, 6.45) is 5.31. The number of fused-ring (bicyclic) bond motifs is 1. The van der Waals surface area contributed by atoms with Gasteiger partial charge in [0, 0.05) is 0 Å². The number of hydrogen-bond acceptors (Lipinski definition) is 4. The average Bonchev–Trinajstić information content (AvgIpc) is 2.97. The fraction of sp³-hybridized carbons (Fsp3) is 0.417. The van der Waals surface area contributed by atoms with Gasteiger partial charge >= 0.3 is 0 Å². The molecule has 1 aliphatic rings. The number of hydrogen-bond donors (Lipinski definition) is 2. The molecule has 2 aromatic heterocycles. The molecule has 0 unspecified atom stereocenters. The molecule has 18 heavy (non-hydrogen) atoms. The van der Waals surface area contributed by atoms with Crippen molar-refractivity contribution in [2.45, 2.75) is 31.6 Å². The molecule has 0 aromatic carbocycles. The van der Waals surface area contributed by atoms with Gasteiger partial charge in [0.1, 0.15) is 11.6 Å². The molecule has 0 amide bonds. The highest BCUT2D eigenvalue weighted by molar-refractivity contribution is 5.56. The van der Waals surface area contributed by atoms with E-state index in [1.54, 1.807) is 0 Å². The lowest BCUT2D eigenvalue weighted by molar-refractivity contribution is 0.419. The fourth-order valence-electron chi connectivity index (χ4n) is 2.68. The average molecular weight is 244 g/mol. The van der Waals surface area contributed by atoms with E-state index in [9.17, 15) is 9.90 Å². The van der Waals surface area contributed by atoms with Crippen molar-refractivity contribution in [1.29, 1.82) is 5.26 Å². The summed E-state index contributed by atoms with van der Waals surface area (Å²) < 4.78 is 1.23. The van der Waals surface area contributed by atoms with Crippen molar-refractivity contribution in [3.63, 3.8) is 0 Å². The molecule has 0 radical (unpaired) electrons. The number of rotatable bonds is 1. The second kappa shape index (κ2) is 3.88. The Bertz CT molecular complexity index is 701. The molecule has 0 bridgehead atoms. The standard InChI is InChI=1S/C12H12N4O2/c13-5-8-6-14-16-10(8)15-11(17)9(12(16)18)7-3-1-2-4-7/h6-7,18H,1-4H2,(H,15,17). The Hall–Kier alpha value is -2.29. The molecule has 0 aliphatic heterocycles. The van der Waals surface area contributed by atoms with Crippen LogP contribution in [0.15, 0.2) is 11.0 Å². The maximum atomic E-state index is 12.0. The molecule has 6 nitrogen and oxygen atoms in total. The van der Waals surface area contributed by atoms with Crippen LogP contribution in [0.5, 0.6) is 5.88 Å².